The summed E-state index contributed by atoms with van der Waals surface area (Å²) in [5, 5.41) is 10.9. The van der Waals surface area contributed by atoms with Crippen LogP contribution < -0.4 is 4.90 Å². The molecule has 0 aromatic heterocycles. The van der Waals surface area contributed by atoms with Gasteiger partial charge in [0.05, 0.1) is 11.5 Å². The molecule has 0 amide bonds. The number of halogens is 1. The molecule has 16 heavy (non-hydrogen) atoms. The Morgan fingerprint density at radius 1 is 1.56 bits per heavy atom. The molecule has 1 aromatic carbocycles. The van der Waals surface area contributed by atoms with E-state index in [1.54, 1.807) is 19.2 Å². The molecule has 0 unspecified atom stereocenters. The van der Waals surface area contributed by atoms with Crippen LogP contribution in [0.1, 0.15) is 0 Å². The Labute approximate surface area is 108 Å². The van der Waals surface area contributed by atoms with E-state index in [0.717, 1.165) is 3.57 Å². The number of nitro benzene ring substituents is 1. The average Bonchev–Trinajstić information content (AvgIpc) is 2.25. The summed E-state index contributed by atoms with van der Waals surface area (Å²) in [4.78, 5) is 12.4. The van der Waals surface area contributed by atoms with Gasteiger partial charge >= 0.3 is 0 Å². The lowest BCUT2D eigenvalue weighted by molar-refractivity contribution is -0.384. The summed E-state index contributed by atoms with van der Waals surface area (Å²) in [6.07, 6.45) is 0. The van der Waals surface area contributed by atoms with Crippen molar-refractivity contribution in [3.8, 4) is 0 Å². The lowest BCUT2D eigenvalue weighted by atomic mass is 10.2. The Morgan fingerprint density at radius 3 is 2.81 bits per heavy atom. The first kappa shape index (κ1) is 13.2. The zero-order chi connectivity index (χ0) is 12.1. The molecule has 0 bridgehead atoms. The number of benzene rings is 1. The van der Waals surface area contributed by atoms with Crippen molar-refractivity contribution >= 4 is 34.0 Å². The van der Waals surface area contributed by atoms with Crippen LogP contribution >= 0.6 is 22.6 Å². The van der Waals surface area contributed by atoms with Crippen molar-refractivity contribution in [1.82, 2.24) is 0 Å². The van der Waals surface area contributed by atoms with E-state index in [4.69, 9.17) is 4.74 Å². The minimum absolute atomic E-state index is 0.130. The molecule has 1 aromatic rings. The van der Waals surface area contributed by atoms with Gasteiger partial charge in [0.15, 0.2) is 0 Å². The van der Waals surface area contributed by atoms with Crippen LogP contribution in [0.3, 0.4) is 0 Å². The third kappa shape index (κ3) is 3.31. The molecule has 0 heterocycles. The third-order valence-corrected chi connectivity index (χ3v) is 2.85. The molecule has 0 aliphatic carbocycles. The SMILES string of the molecule is COCCN(C)c1ccc(I)cc1[N+](=O)[O-]. The van der Waals surface area contributed by atoms with Crippen LogP contribution in [0.4, 0.5) is 11.4 Å². The molecule has 0 atom stereocenters. The van der Waals surface area contributed by atoms with Crippen molar-refractivity contribution in [2.45, 2.75) is 0 Å². The Morgan fingerprint density at radius 2 is 2.25 bits per heavy atom. The van der Waals surface area contributed by atoms with Gasteiger partial charge in [0.1, 0.15) is 5.69 Å². The monoisotopic (exact) mass is 336 g/mol. The Hall–Kier alpha value is -0.890. The first-order chi connectivity index (χ1) is 7.56. The molecule has 88 valence electrons. The quantitative estimate of drug-likeness (QED) is 0.470. The molecule has 0 N–H and O–H groups in total. The summed E-state index contributed by atoms with van der Waals surface area (Å²) in [5.74, 6) is 0. The van der Waals surface area contributed by atoms with Crippen molar-refractivity contribution in [2.24, 2.45) is 0 Å². The summed E-state index contributed by atoms with van der Waals surface area (Å²) in [7, 11) is 3.42. The number of hydrogen-bond acceptors (Lipinski definition) is 4. The van der Waals surface area contributed by atoms with E-state index in [1.807, 2.05) is 18.0 Å². The summed E-state index contributed by atoms with van der Waals surface area (Å²) < 4.78 is 5.80. The van der Waals surface area contributed by atoms with E-state index in [2.05, 4.69) is 22.6 Å². The van der Waals surface area contributed by atoms with Crippen molar-refractivity contribution in [3.05, 3.63) is 31.9 Å². The minimum Gasteiger partial charge on any atom is -0.383 e. The van der Waals surface area contributed by atoms with Crippen molar-refractivity contribution in [3.63, 3.8) is 0 Å². The fourth-order valence-corrected chi connectivity index (χ4v) is 1.79. The molecule has 5 nitrogen and oxygen atoms in total. The summed E-state index contributed by atoms with van der Waals surface area (Å²) in [6, 6.07) is 5.18. The van der Waals surface area contributed by atoms with Gasteiger partial charge in [-0.05, 0) is 34.7 Å². The average molecular weight is 336 g/mol. The van der Waals surface area contributed by atoms with Crippen molar-refractivity contribution in [2.75, 3.05) is 32.2 Å². The molecule has 1 rings (SSSR count). The van der Waals surface area contributed by atoms with E-state index in [0.29, 0.717) is 18.8 Å². The summed E-state index contributed by atoms with van der Waals surface area (Å²) in [5.41, 5.74) is 0.743. The van der Waals surface area contributed by atoms with Gasteiger partial charge in [-0.3, -0.25) is 10.1 Å². The molecular weight excluding hydrogens is 323 g/mol. The summed E-state index contributed by atoms with van der Waals surface area (Å²) in [6.45, 7) is 1.16. The highest BCUT2D eigenvalue weighted by atomic mass is 127. The van der Waals surface area contributed by atoms with Gasteiger partial charge in [0.25, 0.3) is 5.69 Å². The van der Waals surface area contributed by atoms with E-state index in [1.165, 1.54) is 0 Å². The zero-order valence-electron chi connectivity index (χ0n) is 9.14. The van der Waals surface area contributed by atoms with Crippen LogP contribution in [-0.2, 0) is 4.74 Å². The normalized spacial score (nSPS) is 10.2. The molecule has 0 aliphatic rings. The lowest BCUT2D eigenvalue weighted by Crippen LogP contribution is -2.22. The molecule has 0 aliphatic heterocycles. The Bertz CT molecular complexity index is 384. The predicted molar refractivity (Wildman–Crippen MR) is 71.0 cm³/mol. The van der Waals surface area contributed by atoms with Crippen LogP contribution in [0.15, 0.2) is 18.2 Å². The number of nitro groups is 1. The third-order valence-electron chi connectivity index (χ3n) is 2.18. The van der Waals surface area contributed by atoms with E-state index in [9.17, 15) is 10.1 Å². The molecule has 0 saturated heterocycles. The smallest absolute Gasteiger partial charge is 0.293 e. The van der Waals surface area contributed by atoms with Crippen LogP contribution in [0.5, 0.6) is 0 Å². The van der Waals surface area contributed by atoms with E-state index in [-0.39, 0.29) is 10.6 Å². The first-order valence-corrected chi connectivity index (χ1v) is 5.78. The Kier molecular flexibility index (Phi) is 4.94. The first-order valence-electron chi connectivity index (χ1n) is 4.70. The molecule has 0 fully saturated rings. The predicted octanol–water partition coefficient (Wildman–Crippen LogP) is 2.28. The van der Waals surface area contributed by atoms with E-state index >= 15 is 0 Å². The van der Waals surface area contributed by atoms with Crippen LogP contribution in [0, 0.1) is 13.7 Å². The van der Waals surface area contributed by atoms with Gasteiger partial charge in [-0.25, -0.2) is 0 Å². The number of hydrogen-bond donors (Lipinski definition) is 0. The second-order valence-corrected chi connectivity index (χ2v) is 4.55. The van der Waals surface area contributed by atoms with Crippen LogP contribution in [0.2, 0.25) is 0 Å². The topological polar surface area (TPSA) is 55.6 Å². The van der Waals surface area contributed by atoms with Gasteiger partial charge in [-0.2, -0.15) is 0 Å². The van der Waals surface area contributed by atoms with Gasteiger partial charge in [0.2, 0.25) is 0 Å². The molecular formula is C10H13IN2O3. The van der Waals surface area contributed by atoms with Gasteiger partial charge in [0, 0.05) is 30.3 Å². The highest BCUT2D eigenvalue weighted by Gasteiger charge is 2.16. The number of ether oxygens (including phenoxy) is 1. The minimum atomic E-state index is -0.360. The van der Waals surface area contributed by atoms with Crippen molar-refractivity contribution < 1.29 is 9.66 Å². The van der Waals surface area contributed by atoms with Crippen LogP contribution in [0.25, 0.3) is 0 Å². The number of rotatable bonds is 5. The second kappa shape index (κ2) is 6.00. The lowest BCUT2D eigenvalue weighted by Gasteiger charge is -2.18. The maximum absolute atomic E-state index is 10.9. The standard InChI is InChI=1S/C10H13IN2O3/c1-12(5-6-16-2)9-4-3-8(11)7-10(9)13(14)15/h3-4,7H,5-6H2,1-2H3. The van der Waals surface area contributed by atoms with Gasteiger partial charge in [-0.15, -0.1) is 0 Å². The molecule has 6 heteroatoms. The largest absolute Gasteiger partial charge is 0.383 e. The maximum atomic E-state index is 10.9. The highest BCUT2D eigenvalue weighted by Crippen LogP contribution is 2.28. The van der Waals surface area contributed by atoms with Gasteiger partial charge in [-0.1, -0.05) is 0 Å². The second-order valence-electron chi connectivity index (χ2n) is 3.30. The number of anilines is 1. The van der Waals surface area contributed by atoms with Crippen LogP contribution in [-0.4, -0.2) is 32.2 Å². The summed E-state index contributed by atoms with van der Waals surface area (Å²) >= 11 is 2.06. The fourth-order valence-electron chi connectivity index (χ4n) is 1.31. The maximum Gasteiger partial charge on any atom is 0.293 e. The fraction of sp³-hybridized carbons (Fsp3) is 0.400. The number of nitrogens with zero attached hydrogens (tertiary/aromatic N) is 2. The molecule has 0 radical (unpaired) electrons. The van der Waals surface area contributed by atoms with Gasteiger partial charge < -0.3 is 9.64 Å². The van der Waals surface area contributed by atoms with Crippen molar-refractivity contribution in [1.29, 1.82) is 0 Å². The highest BCUT2D eigenvalue weighted by molar-refractivity contribution is 14.1. The molecule has 0 saturated carbocycles. The number of methoxy groups -OCH3 is 1. The Balaban J connectivity index is 2.98. The molecule has 0 spiro atoms. The number of likely N-dealkylation sites (N-methyl/N-ethyl adjacent to an activating group) is 1. The van der Waals surface area contributed by atoms with E-state index < -0.39 is 0 Å². The zero-order valence-corrected chi connectivity index (χ0v) is 11.3.